The van der Waals surface area contributed by atoms with E-state index in [-0.39, 0.29) is 19.0 Å². The van der Waals surface area contributed by atoms with Crippen LogP contribution in [0.3, 0.4) is 0 Å². The minimum absolute atomic E-state index is 0.151. The van der Waals surface area contributed by atoms with Crippen LogP contribution in [-0.2, 0) is 10.2 Å². The Balaban J connectivity index is 2.32. The Morgan fingerprint density at radius 3 is 2.41 bits per heavy atom. The topological polar surface area (TPSA) is 58.6 Å². The van der Waals surface area contributed by atoms with Crippen LogP contribution in [0, 0.1) is 5.82 Å². The molecule has 0 saturated carbocycles. The van der Waals surface area contributed by atoms with E-state index < -0.39 is 10.2 Å². The number of halogens is 1. The molecule has 1 aromatic carbocycles. The first-order valence-electron chi connectivity index (χ1n) is 4.97. The Morgan fingerprint density at radius 2 is 1.88 bits per heavy atom. The number of nitrogens with zero attached hydrogens (tertiary/aromatic N) is 1. The van der Waals surface area contributed by atoms with Gasteiger partial charge in [-0.05, 0) is 24.3 Å². The summed E-state index contributed by atoms with van der Waals surface area (Å²) in [7, 11) is -0.549. The molecule has 0 atom stereocenters. The van der Waals surface area contributed by atoms with Gasteiger partial charge in [-0.15, -0.1) is 0 Å². The lowest BCUT2D eigenvalue weighted by Crippen LogP contribution is -2.37. The number of benzene rings is 1. The van der Waals surface area contributed by atoms with Crippen LogP contribution >= 0.6 is 0 Å². The molecular weight excluding hydrogens is 247 g/mol. The molecule has 96 valence electrons. The third-order valence-corrected chi connectivity index (χ3v) is 3.48. The lowest BCUT2D eigenvalue weighted by Gasteiger charge is -2.12. The molecule has 17 heavy (non-hydrogen) atoms. The highest BCUT2D eigenvalue weighted by Gasteiger charge is 2.11. The highest BCUT2D eigenvalue weighted by Crippen LogP contribution is 2.10. The Morgan fingerprint density at radius 1 is 1.29 bits per heavy atom. The van der Waals surface area contributed by atoms with Crippen LogP contribution in [0.1, 0.15) is 0 Å². The van der Waals surface area contributed by atoms with Gasteiger partial charge in [0.25, 0.3) is 10.2 Å². The molecular formula is C10H15FN2O3S. The van der Waals surface area contributed by atoms with Crippen molar-refractivity contribution < 1.29 is 17.5 Å². The monoisotopic (exact) mass is 262 g/mol. The second kappa shape index (κ2) is 5.95. The zero-order chi connectivity index (χ0) is 12.9. The van der Waals surface area contributed by atoms with Crippen molar-refractivity contribution in [3.05, 3.63) is 30.1 Å². The first-order chi connectivity index (χ1) is 7.92. The van der Waals surface area contributed by atoms with Gasteiger partial charge in [0.05, 0.1) is 0 Å². The van der Waals surface area contributed by atoms with E-state index in [2.05, 4.69) is 4.72 Å². The largest absolute Gasteiger partial charge is 0.492 e. The third-order valence-electron chi connectivity index (χ3n) is 1.95. The average Bonchev–Trinajstić information content (AvgIpc) is 2.26. The Bertz CT molecular complexity index is 445. The predicted octanol–water partition coefficient (Wildman–Crippen LogP) is 0.601. The highest BCUT2D eigenvalue weighted by atomic mass is 32.2. The van der Waals surface area contributed by atoms with Crippen molar-refractivity contribution in [1.82, 2.24) is 9.03 Å². The number of hydrogen-bond acceptors (Lipinski definition) is 3. The molecule has 0 spiro atoms. The Hall–Kier alpha value is -1.18. The van der Waals surface area contributed by atoms with Gasteiger partial charge in [-0.2, -0.15) is 17.4 Å². The van der Waals surface area contributed by atoms with Crippen molar-refractivity contribution in [2.45, 2.75) is 0 Å². The fourth-order valence-corrected chi connectivity index (χ4v) is 1.60. The van der Waals surface area contributed by atoms with Crippen LogP contribution < -0.4 is 9.46 Å². The normalized spacial score (nSPS) is 11.8. The van der Waals surface area contributed by atoms with Crippen LogP contribution in [0.2, 0.25) is 0 Å². The number of nitrogens with one attached hydrogen (secondary N) is 1. The molecule has 7 heteroatoms. The maximum Gasteiger partial charge on any atom is 0.279 e. The summed E-state index contributed by atoms with van der Waals surface area (Å²) in [6.45, 7) is 0.330. The molecule has 0 aromatic heterocycles. The van der Waals surface area contributed by atoms with Crippen LogP contribution in [0.15, 0.2) is 24.3 Å². The fraction of sp³-hybridized carbons (Fsp3) is 0.400. The van der Waals surface area contributed by atoms with Crippen molar-refractivity contribution in [3.8, 4) is 5.75 Å². The van der Waals surface area contributed by atoms with Gasteiger partial charge in [0.2, 0.25) is 0 Å². The lowest BCUT2D eigenvalue weighted by molar-refractivity contribution is 0.321. The van der Waals surface area contributed by atoms with Gasteiger partial charge in [-0.1, -0.05) is 0 Å². The lowest BCUT2D eigenvalue weighted by atomic mass is 10.3. The van der Waals surface area contributed by atoms with Crippen LogP contribution in [0.5, 0.6) is 5.75 Å². The number of ether oxygens (including phenoxy) is 1. The summed E-state index contributed by atoms with van der Waals surface area (Å²) in [5, 5.41) is 0. The smallest absolute Gasteiger partial charge is 0.279 e. The summed E-state index contributed by atoms with van der Waals surface area (Å²) in [5.41, 5.74) is 0. The molecule has 0 heterocycles. The molecule has 1 aromatic rings. The van der Waals surface area contributed by atoms with Gasteiger partial charge in [0.15, 0.2) is 0 Å². The SMILES string of the molecule is CN(C)S(=O)(=O)NCCOc1ccc(F)cc1. The Kier molecular flexibility index (Phi) is 4.86. The molecule has 0 amide bonds. The summed E-state index contributed by atoms with van der Waals surface area (Å²) >= 11 is 0. The van der Waals surface area contributed by atoms with Crippen LogP contribution in [-0.4, -0.2) is 40.0 Å². The first-order valence-corrected chi connectivity index (χ1v) is 6.41. The standard InChI is InChI=1S/C10H15FN2O3S/c1-13(2)17(14,15)12-7-8-16-10-5-3-9(11)4-6-10/h3-6,12H,7-8H2,1-2H3. The molecule has 5 nitrogen and oxygen atoms in total. The van der Waals surface area contributed by atoms with Crippen molar-refractivity contribution >= 4 is 10.2 Å². The summed E-state index contributed by atoms with van der Waals surface area (Å²) in [6, 6.07) is 5.52. The second-order valence-corrected chi connectivity index (χ2v) is 5.45. The van der Waals surface area contributed by atoms with E-state index in [1.807, 2.05) is 0 Å². The summed E-state index contributed by atoms with van der Waals surface area (Å²) in [6.07, 6.45) is 0. The molecule has 0 aliphatic rings. The summed E-state index contributed by atoms with van der Waals surface area (Å²) in [5.74, 6) is 0.154. The molecule has 0 radical (unpaired) electrons. The number of hydrogen-bond donors (Lipinski definition) is 1. The third kappa shape index (κ3) is 4.68. The molecule has 0 unspecified atom stereocenters. The molecule has 0 fully saturated rings. The van der Waals surface area contributed by atoms with E-state index in [4.69, 9.17) is 4.74 Å². The minimum Gasteiger partial charge on any atom is -0.492 e. The van der Waals surface area contributed by atoms with Crippen molar-refractivity contribution in [2.75, 3.05) is 27.2 Å². The van der Waals surface area contributed by atoms with Crippen molar-refractivity contribution in [2.24, 2.45) is 0 Å². The zero-order valence-electron chi connectivity index (χ0n) is 9.68. The van der Waals surface area contributed by atoms with Crippen molar-refractivity contribution in [1.29, 1.82) is 0 Å². The zero-order valence-corrected chi connectivity index (χ0v) is 10.5. The molecule has 0 bridgehead atoms. The molecule has 0 saturated heterocycles. The summed E-state index contributed by atoms with van der Waals surface area (Å²) in [4.78, 5) is 0. The predicted molar refractivity (Wildman–Crippen MR) is 62.5 cm³/mol. The second-order valence-electron chi connectivity index (χ2n) is 3.48. The van der Waals surface area contributed by atoms with Gasteiger partial charge < -0.3 is 4.74 Å². The van der Waals surface area contributed by atoms with E-state index in [0.29, 0.717) is 5.75 Å². The van der Waals surface area contributed by atoms with Gasteiger partial charge in [0, 0.05) is 20.6 Å². The molecule has 0 aliphatic heterocycles. The van der Waals surface area contributed by atoms with Gasteiger partial charge in [-0.25, -0.2) is 4.39 Å². The maximum absolute atomic E-state index is 12.6. The Labute approximate surface area is 100 Å². The first kappa shape index (κ1) is 13.9. The van der Waals surface area contributed by atoms with Crippen molar-refractivity contribution in [3.63, 3.8) is 0 Å². The quantitative estimate of drug-likeness (QED) is 0.764. The molecule has 0 aliphatic carbocycles. The van der Waals surface area contributed by atoms with Gasteiger partial charge in [-0.3, -0.25) is 0 Å². The fourth-order valence-electron chi connectivity index (χ4n) is 0.999. The van der Waals surface area contributed by atoms with E-state index in [1.165, 1.54) is 38.4 Å². The van der Waals surface area contributed by atoms with E-state index >= 15 is 0 Å². The summed E-state index contributed by atoms with van der Waals surface area (Å²) < 4.78 is 43.8. The average molecular weight is 262 g/mol. The van der Waals surface area contributed by atoms with E-state index in [9.17, 15) is 12.8 Å². The maximum atomic E-state index is 12.6. The minimum atomic E-state index is -3.42. The highest BCUT2D eigenvalue weighted by molar-refractivity contribution is 7.87. The van der Waals surface area contributed by atoms with Gasteiger partial charge >= 0.3 is 0 Å². The van der Waals surface area contributed by atoms with E-state index in [1.54, 1.807) is 0 Å². The van der Waals surface area contributed by atoms with Crippen LogP contribution in [0.4, 0.5) is 4.39 Å². The molecule has 1 rings (SSSR count). The molecule has 1 N–H and O–H groups in total. The number of rotatable bonds is 6. The van der Waals surface area contributed by atoms with Crippen LogP contribution in [0.25, 0.3) is 0 Å². The van der Waals surface area contributed by atoms with E-state index in [0.717, 1.165) is 4.31 Å². The van der Waals surface area contributed by atoms with Gasteiger partial charge in [0.1, 0.15) is 18.2 Å².